The Bertz CT molecular complexity index is 1040. The van der Waals surface area contributed by atoms with E-state index in [9.17, 15) is 14.7 Å². The summed E-state index contributed by atoms with van der Waals surface area (Å²) >= 11 is 0. The average molecular weight is 428 g/mol. The van der Waals surface area contributed by atoms with Crippen molar-refractivity contribution < 1.29 is 9.84 Å². The molecule has 3 rings (SSSR count). The summed E-state index contributed by atoms with van der Waals surface area (Å²) in [7, 11) is 0. The molecule has 2 heterocycles. The molecule has 1 unspecified atom stereocenters. The van der Waals surface area contributed by atoms with E-state index < -0.39 is 23.0 Å². The molecule has 0 amide bonds. The second kappa shape index (κ2) is 9.37. The quantitative estimate of drug-likeness (QED) is 0.671. The molecule has 0 bridgehead atoms. The molecule has 9 heteroatoms. The highest BCUT2D eigenvalue weighted by atomic mass is 16.5. The number of piperazine rings is 1. The zero-order valence-electron chi connectivity index (χ0n) is 18.2. The summed E-state index contributed by atoms with van der Waals surface area (Å²) in [6, 6.07) is 10.3. The fourth-order valence-electron chi connectivity index (χ4n) is 3.67. The standard InChI is InChI=1S/C22H29N5O4/c1-4-27-20(13-19(29)24-21(27)30)26-11-9-25(10-12-26)15-18(28)22(2,3)31-17-7-5-16(14-23)6-8-17/h5-8,13,18,28H,4,9-12,15H2,1-3H3,(H,24,29,30). The molecule has 1 aromatic heterocycles. The molecule has 0 aliphatic carbocycles. The second-order valence-corrected chi connectivity index (χ2v) is 8.19. The van der Waals surface area contributed by atoms with Crippen LogP contribution in [0.5, 0.6) is 5.75 Å². The van der Waals surface area contributed by atoms with Gasteiger partial charge < -0.3 is 14.7 Å². The van der Waals surface area contributed by atoms with Crippen LogP contribution >= 0.6 is 0 Å². The molecule has 0 saturated carbocycles. The van der Waals surface area contributed by atoms with Crippen molar-refractivity contribution in [3.8, 4) is 11.8 Å². The fourth-order valence-corrected chi connectivity index (χ4v) is 3.67. The van der Waals surface area contributed by atoms with Gasteiger partial charge in [0.25, 0.3) is 5.56 Å². The largest absolute Gasteiger partial charge is 0.485 e. The van der Waals surface area contributed by atoms with Crippen molar-refractivity contribution in [2.75, 3.05) is 37.6 Å². The third kappa shape index (κ3) is 5.34. The number of hydrogen-bond donors (Lipinski definition) is 2. The average Bonchev–Trinajstić information content (AvgIpc) is 2.74. The number of nitrogens with one attached hydrogen (secondary N) is 1. The van der Waals surface area contributed by atoms with Gasteiger partial charge in [0, 0.05) is 45.3 Å². The van der Waals surface area contributed by atoms with Crippen LogP contribution in [0.4, 0.5) is 5.82 Å². The number of β-amino-alcohol motifs (C(OH)–C–C–N with tert-alkyl or cyclic N) is 1. The number of aliphatic hydroxyl groups is 1. The third-order valence-electron chi connectivity index (χ3n) is 5.62. The Hall–Kier alpha value is -3.09. The van der Waals surface area contributed by atoms with Gasteiger partial charge in [0.15, 0.2) is 0 Å². The van der Waals surface area contributed by atoms with Gasteiger partial charge in [0.2, 0.25) is 0 Å². The molecule has 1 saturated heterocycles. The van der Waals surface area contributed by atoms with Crippen LogP contribution in [-0.4, -0.2) is 64.0 Å². The second-order valence-electron chi connectivity index (χ2n) is 8.19. The van der Waals surface area contributed by atoms with Gasteiger partial charge in [-0.3, -0.25) is 19.2 Å². The summed E-state index contributed by atoms with van der Waals surface area (Å²) in [5.74, 6) is 1.22. The maximum atomic E-state index is 12.0. The van der Waals surface area contributed by atoms with E-state index in [2.05, 4.69) is 16.0 Å². The highest BCUT2D eigenvalue weighted by molar-refractivity contribution is 5.39. The number of nitriles is 1. The maximum Gasteiger partial charge on any atom is 0.329 e. The first-order valence-corrected chi connectivity index (χ1v) is 10.4. The minimum Gasteiger partial charge on any atom is -0.485 e. The predicted octanol–water partition coefficient (Wildman–Crippen LogP) is 0.769. The van der Waals surface area contributed by atoms with Crippen molar-refractivity contribution >= 4 is 5.82 Å². The van der Waals surface area contributed by atoms with E-state index in [0.29, 0.717) is 56.4 Å². The highest BCUT2D eigenvalue weighted by Gasteiger charge is 2.32. The molecule has 9 nitrogen and oxygen atoms in total. The van der Waals surface area contributed by atoms with Crippen molar-refractivity contribution in [3.63, 3.8) is 0 Å². The Morgan fingerprint density at radius 2 is 1.84 bits per heavy atom. The number of aliphatic hydroxyl groups excluding tert-OH is 1. The number of rotatable bonds is 7. The van der Waals surface area contributed by atoms with Crippen LogP contribution in [-0.2, 0) is 6.54 Å². The number of ether oxygens (including phenoxy) is 1. The molecule has 1 aliphatic rings. The normalized spacial score (nSPS) is 16.0. The lowest BCUT2D eigenvalue weighted by Gasteiger charge is -2.40. The summed E-state index contributed by atoms with van der Waals surface area (Å²) in [5, 5.41) is 19.7. The highest BCUT2D eigenvalue weighted by Crippen LogP contribution is 2.23. The van der Waals surface area contributed by atoms with E-state index in [1.54, 1.807) is 28.8 Å². The van der Waals surface area contributed by atoms with Gasteiger partial charge in [-0.25, -0.2) is 4.79 Å². The van der Waals surface area contributed by atoms with Gasteiger partial charge in [-0.15, -0.1) is 0 Å². The molecule has 1 aliphatic heterocycles. The van der Waals surface area contributed by atoms with Crippen LogP contribution in [0, 0.1) is 11.3 Å². The monoisotopic (exact) mass is 427 g/mol. The molecule has 31 heavy (non-hydrogen) atoms. The van der Waals surface area contributed by atoms with Gasteiger partial charge in [-0.2, -0.15) is 5.26 Å². The number of nitrogens with zero attached hydrogens (tertiary/aromatic N) is 4. The van der Waals surface area contributed by atoms with Crippen LogP contribution in [0.3, 0.4) is 0 Å². The van der Waals surface area contributed by atoms with Gasteiger partial charge in [0.05, 0.1) is 11.6 Å². The number of anilines is 1. The first-order chi connectivity index (χ1) is 14.7. The molecular weight excluding hydrogens is 398 g/mol. The minimum absolute atomic E-state index is 0.399. The topological polar surface area (TPSA) is 115 Å². The van der Waals surface area contributed by atoms with Gasteiger partial charge in [-0.05, 0) is 45.0 Å². The van der Waals surface area contributed by atoms with E-state index >= 15 is 0 Å². The first kappa shape index (κ1) is 22.6. The van der Waals surface area contributed by atoms with E-state index in [-0.39, 0.29) is 0 Å². The number of hydrogen-bond acceptors (Lipinski definition) is 7. The lowest BCUT2D eigenvalue weighted by atomic mass is 10.0. The third-order valence-corrected chi connectivity index (χ3v) is 5.62. The van der Waals surface area contributed by atoms with E-state index in [1.165, 1.54) is 6.07 Å². The zero-order chi connectivity index (χ0) is 22.6. The predicted molar refractivity (Wildman–Crippen MR) is 118 cm³/mol. The molecule has 166 valence electrons. The summed E-state index contributed by atoms with van der Waals surface area (Å²) in [6.45, 7) is 9.12. The molecule has 2 aromatic rings. The maximum absolute atomic E-state index is 12.0. The SMILES string of the molecule is CCn1c(N2CCN(CC(O)C(C)(C)Oc3ccc(C#N)cc3)CC2)cc(=O)[nH]c1=O. The molecule has 1 fully saturated rings. The molecule has 2 N–H and O–H groups in total. The zero-order valence-corrected chi connectivity index (χ0v) is 18.2. The molecule has 1 aromatic carbocycles. The van der Waals surface area contributed by atoms with Crippen molar-refractivity contribution in [1.29, 1.82) is 5.26 Å². The summed E-state index contributed by atoms with van der Waals surface area (Å²) in [4.78, 5) is 30.3. The van der Waals surface area contributed by atoms with Crippen LogP contribution in [0.1, 0.15) is 26.3 Å². The Labute approximate surface area is 181 Å². The van der Waals surface area contributed by atoms with E-state index in [0.717, 1.165) is 0 Å². The van der Waals surface area contributed by atoms with Crippen LogP contribution in [0.2, 0.25) is 0 Å². The van der Waals surface area contributed by atoms with Crippen LogP contribution in [0.25, 0.3) is 0 Å². The van der Waals surface area contributed by atoms with Crippen LogP contribution < -0.4 is 20.9 Å². The lowest BCUT2D eigenvalue weighted by molar-refractivity contribution is -0.0449. The van der Waals surface area contributed by atoms with Crippen molar-refractivity contribution in [3.05, 3.63) is 56.7 Å². The molecule has 0 radical (unpaired) electrons. The van der Waals surface area contributed by atoms with Crippen LogP contribution in [0.15, 0.2) is 39.9 Å². The summed E-state index contributed by atoms with van der Waals surface area (Å²) < 4.78 is 7.53. The van der Waals surface area contributed by atoms with Gasteiger partial charge in [-0.1, -0.05) is 0 Å². The molecule has 1 atom stereocenters. The van der Waals surface area contributed by atoms with Crippen molar-refractivity contribution in [2.45, 2.75) is 39.0 Å². The Morgan fingerprint density at radius 1 is 1.19 bits per heavy atom. The lowest BCUT2D eigenvalue weighted by Crippen LogP contribution is -2.54. The van der Waals surface area contributed by atoms with E-state index in [1.807, 2.05) is 25.7 Å². The number of benzene rings is 1. The number of aromatic nitrogens is 2. The summed E-state index contributed by atoms with van der Waals surface area (Å²) in [6.07, 6.45) is -0.733. The number of H-pyrrole nitrogens is 1. The Kier molecular flexibility index (Phi) is 6.83. The number of aromatic amines is 1. The minimum atomic E-state index is -0.819. The Morgan fingerprint density at radius 3 is 2.42 bits per heavy atom. The molecular formula is C22H29N5O4. The fraction of sp³-hybridized carbons (Fsp3) is 0.500. The first-order valence-electron chi connectivity index (χ1n) is 10.4. The smallest absolute Gasteiger partial charge is 0.329 e. The summed E-state index contributed by atoms with van der Waals surface area (Å²) in [5.41, 5.74) is -1.06. The van der Waals surface area contributed by atoms with Gasteiger partial charge in [0.1, 0.15) is 23.3 Å². The van der Waals surface area contributed by atoms with Crippen molar-refractivity contribution in [2.24, 2.45) is 0 Å². The van der Waals surface area contributed by atoms with E-state index in [4.69, 9.17) is 10.00 Å². The Balaban J connectivity index is 1.59. The molecule has 0 spiro atoms. The van der Waals surface area contributed by atoms with Gasteiger partial charge >= 0.3 is 5.69 Å². The van der Waals surface area contributed by atoms with Crippen molar-refractivity contribution in [1.82, 2.24) is 14.5 Å².